The second-order valence-electron chi connectivity index (χ2n) is 4.91. The van der Waals surface area contributed by atoms with Gasteiger partial charge in [-0.3, -0.25) is 23.5 Å². The molecule has 0 amide bonds. The van der Waals surface area contributed by atoms with E-state index in [1.165, 1.54) is 18.7 Å². The minimum Gasteiger partial charge on any atom is -0.335 e. The number of hydrogen-bond donors (Lipinski definition) is 1. The smallest absolute Gasteiger partial charge is 0.332 e. The first-order chi connectivity index (χ1) is 9.41. The third-order valence-corrected chi connectivity index (χ3v) is 3.69. The molecule has 104 valence electrons. The Morgan fingerprint density at radius 1 is 1.15 bits per heavy atom. The van der Waals surface area contributed by atoms with Crippen molar-refractivity contribution in [3.63, 3.8) is 0 Å². The van der Waals surface area contributed by atoms with Crippen LogP contribution in [-0.4, -0.2) is 30.7 Å². The van der Waals surface area contributed by atoms with Gasteiger partial charge >= 0.3 is 5.69 Å². The number of H-pyrrole nitrogens is 1. The molecule has 0 aromatic carbocycles. The van der Waals surface area contributed by atoms with E-state index in [1.54, 1.807) is 0 Å². The van der Waals surface area contributed by atoms with E-state index in [-0.39, 0.29) is 23.4 Å². The van der Waals surface area contributed by atoms with E-state index in [4.69, 9.17) is 0 Å². The van der Waals surface area contributed by atoms with Crippen LogP contribution < -0.4 is 11.2 Å². The third-order valence-electron chi connectivity index (χ3n) is 3.69. The van der Waals surface area contributed by atoms with Gasteiger partial charge in [0.2, 0.25) is 5.78 Å². The second-order valence-corrected chi connectivity index (χ2v) is 4.91. The topological polar surface area (TPSA) is 107 Å². The van der Waals surface area contributed by atoms with E-state index < -0.39 is 28.7 Å². The number of hydrogen-bond acceptors (Lipinski definition) is 5. The summed E-state index contributed by atoms with van der Waals surface area (Å²) in [6.07, 6.45) is 0.573. The van der Waals surface area contributed by atoms with E-state index in [0.717, 1.165) is 4.57 Å². The van der Waals surface area contributed by atoms with Crippen molar-refractivity contribution in [2.24, 2.45) is 14.1 Å². The van der Waals surface area contributed by atoms with Gasteiger partial charge in [-0.05, 0) is 6.42 Å². The zero-order chi connectivity index (χ0) is 14.6. The normalized spacial score (nSPS) is 19.2. The number of carbonyl (C=O) groups excluding carboxylic acids is 2. The molecule has 3 rings (SSSR count). The molecule has 0 aliphatic heterocycles. The van der Waals surface area contributed by atoms with Crippen molar-refractivity contribution < 1.29 is 9.59 Å². The van der Waals surface area contributed by atoms with Crippen LogP contribution in [0.15, 0.2) is 9.59 Å². The number of fused-ring (bicyclic) bond motifs is 1. The van der Waals surface area contributed by atoms with Crippen molar-refractivity contribution in [2.45, 2.75) is 18.8 Å². The highest BCUT2D eigenvalue weighted by atomic mass is 16.2. The molecule has 0 bridgehead atoms. The number of carbonyl (C=O) groups is 2. The van der Waals surface area contributed by atoms with Gasteiger partial charge < -0.3 is 4.98 Å². The fraction of sp³-hybridized carbons (Fsp3) is 0.417. The van der Waals surface area contributed by atoms with E-state index in [9.17, 15) is 19.2 Å². The van der Waals surface area contributed by atoms with Crippen LogP contribution in [-0.2, 0) is 23.7 Å². The maximum absolute atomic E-state index is 12.0. The van der Waals surface area contributed by atoms with Crippen LogP contribution >= 0.6 is 0 Å². The number of rotatable bonds is 1. The standard InChI is InChI=1S/C12H12N4O4/c1-15-10-7(11(19)16(2)12(15)20)13-9(14-10)5-3-4-6(17)8(5)18/h5H,3-4H2,1-2H3,(H,13,14). The van der Waals surface area contributed by atoms with E-state index in [1.807, 2.05) is 0 Å². The summed E-state index contributed by atoms with van der Waals surface area (Å²) in [6.45, 7) is 0. The predicted octanol–water partition coefficient (Wildman–Crippen LogP) is -1.02. The summed E-state index contributed by atoms with van der Waals surface area (Å²) < 4.78 is 2.20. The van der Waals surface area contributed by atoms with Gasteiger partial charge in [-0.1, -0.05) is 0 Å². The number of nitrogens with one attached hydrogen (secondary N) is 1. The molecule has 20 heavy (non-hydrogen) atoms. The van der Waals surface area contributed by atoms with Crippen LogP contribution in [0.25, 0.3) is 11.2 Å². The van der Waals surface area contributed by atoms with E-state index >= 15 is 0 Å². The van der Waals surface area contributed by atoms with Crippen molar-refractivity contribution in [1.29, 1.82) is 0 Å². The molecule has 8 nitrogen and oxygen atoms in total. The molecule has 1 saturated carbocycles. The number of aromatic nitrogens is 4. The first-order valence-corrected chi connectivity index (χ1v) is 6.14. The van der Waals surface area contributed by atoms with Crippen LogP contribution in [0.5, 0.6) is 0 Å². The molecule has 1 aliphatic rings. The Balaban J connectivity index is 2.27. The Hall–Kier alpha value is -2.51. The summed E-state index contributed by atoms with van der Waals surface area (Å²) in [4.78, 5) is 53.8. The molecule has 1 aliphatic carbocycles. The fourth-order valence-corrected chi connectivity index (χ4v) is 2.49. The Bertz CT molecular complexity index is 870. The average molecular weight is 276 g/mol. The summed E-state index contributed by atoms with van der Waals surface area (Å²) in [7, 11) is 2.87. The highest BCUT2D eigenvalue weighted by molar-refractivity contribution is 6.41. The van der Waals surface area contributed by atoms with Crippen LogP contribution in [0.2, 0.25) is 0 Å². The number of aromatic amines is 1. The maximum Gasteiger partial charge on any atom is 0.332 e. The first-order valence-electron chi connectivity index (χ1n) is 6.14. The number of ketones is 2. The minimum atomic E-state index is -0.644. The lowest BCUT2D eigenvalue weighted by Gasteiger charge is -2.01. The summed E-state index contributed by atoms with van der Waals surface area (Å²) >= 11 is 0. The number of Topliss-reactive ketones (excluding diaryl/α,β-unsaturated/α-hetero) is 2. The third kappa shape index (κ3) is 1.50. The summed E-state index contributed by atoms with van der Waals surface area (Å²) in [5.41, 5.74) is -0.634. The number of nitrogens with zero attached hydrogens (tertiary/aromatic N) is 3. The summed E-state index contributed by atoms with van der Waals surface area (Å²) in [5, 5.41) is 0. The molecule has 0 spiro atoms. The average Bonchev–Trinajstić information content (AvgIpc) is 3.00. The highest BCUT2D eigenvalue weighted by Gasteiger charge is 2.36. The molecule has 0 radical (unpaired) electrons. The highest BCUT2D eigenvalue weighted by Crippen LogP contribution is 2.27. The molecule has 8 heteroatoms. The SMILES string of the molecule is Cn1c(=O)c2[nH]c(C3CCC(=O)C3=O)nc2n(C)c1=O. The Labute approximate surface area is 112 Å². The largest absolute Gasteiger partial charge is 0.335 e. The van der Waals surface area contributed by atoms with Crippen LogP contribution in [0.1, 0.15) is 24.6 Å². The van der Waals surface area contributed by atoms with Gasteiger partial charge in [-0.15, -0.1) is 0 Å². The van der Waals surface area contributed by atoms with Gasteiger partial charge in [0.25, 0.3) is 5.56 Å². The lowest BCUT2D eigenvalue weighted by Crippen LogP contribution is -2.36. The van der Waals surface area contributed by atoms with E-state index in [2.05, 4.69) is 9.97 Å². The van der Waals surface area contributed by atoms with Crippen molar-refractivity contribution in [2.75, 3.05) is 0 Å². The monoisotopic (exact) mass is 276 g/mol. The number of aryl methyl sites for hydroxylation is 1. The lowest BCUT2D eigenvalue weighted by molar-refractivity contribution is -0.134. The molecule has 2 heterocycles. The van der Waals surface area contributed by atoms with Crippen molar-refractivity contribution in [3.05, 3.63) is 26.7 Å². The molecule has 1 N–H and O–H groups in total. The first kappa shape index (κ1) is 12.5. The quantitative estimate of drug-likeness (QED) is 0.671. The molecular formula is C12H12N4O4. The summed E-state index contributed by atoms with van der Waals surface area (Å²) in [6, 6.07) is 0. The lowest BCUT2D eigenvalue weighted by atomic mass is 10.1. The van der Waals surface area contributed by atoms with Gasteiger partial charge in [0.05, 0.1) is 5.92 Å². The molecule has 2 aromatic heterocycles. The fourth-order valence-electron chi connectivity index (χ4n) is 2.49. The minimum absolute atomic E-state index is 0.164. The van der Waals surface area contributed by atoms with Crippen molar-refractivity contribution >= 4 is 22.7 Å². The van der Waals surface area contributed by atoms with Gasteiger partial charge in [-0.25, -0.2) is 9.78 Å². The molecule has 1 fully saturated rings. The zero-order valence-electron chi connectivity index (χ0n) is 11.0. The van der Waals surface area contributed by atoms with Crippen molar-refractivity contribution in [1.82, 2.24) is 19.1 Å². The molecule has 0 saturated heterocycles. The Morgan fingerprint density at radius 2 is 1.85 bits per heavy atom. The van der Waals surface area contributed by atoms with Gasteiger partial charge in [0, 0.05) is 20.5 Å². The Morgan fingerprint density at radius 3 is 2.45 bits per heavy atom. The maximum atomic E-state index is 12.0. The second kappa shape index (κ2) is 3.99. The van der Waals surface area contributed by atoms with Gasteiger partial charge in [0.15, 0.2) is 11.4 Å². The summed E-state index contributed by atoms with van der Waals surface area (Å²) in [5.74, 6) is -1.29. The van der Waals surface area contributed by atoms with Gasteiger partial charge in [0.1, 0.15) is 11.3 Å². The molecule has 2 aromatic rings. The molecule has 1 unspecified atom stereocenters. The van der Waals surface area contributed by atoms with Crippen molar-refractivity contribution in [3.8, 4) is 0 Å². The van der Waals surface area contributed by atoms with Crippen LogP contribution in [0.3, 0.4) is 0 Å². The van der Waals surface area contributed by atoms with E-state index in [0.29, 0.717) is 6.42 Å². The molecular weight excluding hydrogens is 264 g/mol. The van der Waals surface area contributed by atoms with Gasteiger partial charge in [-0.2, -0.15) is 0 Å². The zero-order valence-corrected chi connectivity index (χ0v) is 11.0. The number of imidazole rings is 1. The van der Waals surface area contributed by atoms with Crippen LogP contribution in [0, 0.1) is 0 Å². The predicted molar refractivity (Wildman–Crippen MR) is 68.6 cm³/mol. The Kier molecular flexibility index (Phi) is 2.50. The van der Waals surface area contributed by atoms with Crippen LogP contribution in [0.4, 0.5) is 0 Å². The molecule has 1 atom stereocenters.